The van der Waals surface area contributed by atoms with Gasteiger partial charge < -0.3 is 15.7 Å². The van der Waals surface area contributed by atoms with E-state index in [-0.39, 0.29) is 17.3 Å². The highest BCUT2D eigenvalue weighted by Crippen LogP contribution is 2.37. The first-order valence-corrected chi connectivity index (χ1v) is 8.52. The van der Waals surface area contributed by atoms with Crippen LogP contribution in [0.3, 0.4) is 0 Å². The highest BCUT2D eigenvalue weighted by atomic mass is 19.4. The van der Waals surface area contributed by atoms with Crippen LogP contribution in [0.15, 0.2) is 30.5 Å². The summed E-state index contributed by atoms with van der Waals surface area (Å²) in [4.78, 5) is 0. The summed E-state index contributed by atoms with van der Waals surface area (Å²) in [6, 6.07) is 4.64. The van der Waals surface area contributed by atoms with Crippen LogP contribution in [0, 0.1) is 0 Å². The van der Waals surface area contributed by atoms with Crippen LogP contribution in [0.25, 0.3) is 16.8 Å². The van der Waals surface area contributed by atoms with Gasteiger partial charge in [-0.25, -0.2) is 0 Å². The van der Waals surface area contributed by atoms with E-state index in [4.69, 9.17) is 0 Å². The van der Waals surface area contributed by atoms with Crippen LogP contribution in [0.1, 0.15) is 18.4 Å². The summed E-state index contributed by atoms with van der Waals surface area (Å²) in [5.41, 5.74) is 0.0218. The van der Waals surface area contributed by atoms with Gasteiger partial charge in [0.2, 0.25) is 5.95 Å². The molecular weight excluding hydrogens is 361 g/mol. The Balaban J connectivity index is 1.71. The molecular formula is C17H17F3N6O. The van der Waals surface area contributed by atoms with Crippen molar-refractivity contribution in [2.24, 2.45) is 0 Å². The fraction of sp³-hybridized carbons (Fsp3) is 0.353. The van der Waals surface area contributed by atoms with Crippen LogP contribution in [0.2, 0.25) is 0 Å². The first-order valence-electron chi connectivity index (χ1n) is 8.52. The van der Waals surface area contributed by atoms with Crippen LogP contribution in [0.5, 0.6) is 5.75 Å². The Morgan fingerprint density at radius 2 is 2.07 bits per heavy atom. The quantitative estimate of drug-likeness (QED) is 0.650. The Hall–Kier alpha value is -2.88. The van der Waals surface area contributed by atoms with Gasteiger partial charge >= 0.3 is 6.18 Å². The molecule has 0 aliphatic carbocycles. The molecule has 10 heteroatoms. The number of phenolic OH excluding ortho intramolecular Hbond substituents is 1. The highest BCUT2D eigenvalue weighted by Gasteiger charge is 2.31. The number of halogens is 3. The molecule has 1 aromatic carbocycles. The van der Waals surface area contributed by atoms with E-state index >= 15 is 0 Å². The lowest BCUT2D eigenvalue weighted by molar-refractivity contribution is -0.137. The van der Waals surface area contributed by atoms with Gasteiger partial charge in [0, 0.05) is 18.2 Å². The second kappa shape index (κ2) is 6.69. The van der Waals surface area contributed by atoms with Crippen LogP contribution >= 0.6 is 0 Å². The maximum absolute atomic E-state index is 12.8. The van der Waals surface area contributed by atoms with Crippen molar-refractivity contribution in [3.05, 3.63) is 36.0 Å². The van der Waals surface area contributed by atoms with E-state index in [0.29, 0.717) is 17.5 Å². The molecule has 1 atom stereocenters. The van der Waals surface area contributed by atoms with Crippen molar-refractivity contribution in [2.75, 3.05) is 18.4 Å². The van der Waals surface area contributed by atoms with Gasteiger partial charge in [-0.3, -0.25) is 0 Å². The van der Waals surface area contributed by atoms with Crippen molar-refractivity contribution < 1.29 is 18.3 Å². The first kappa shape index (κ1) is 17.5. The lowest BCUT2D eigenvalue weighted by Crippen LogP contribution is -2.39. The fourth-order valence-corrected chi connectivity index (χ4v) is 3.19. The van der Waals surface area contributed by atoms with E-state index in [1.165, 1.54) is 10.6 Å². The Labute approximate surface area is 152 Å². The fourth-order valence-electron chi connectivity index (χ4n) is 3.19. The van der Waals surface area contributed by atoms with E-state index in [2.05, 4.69) is 25.9 Å². The summed E-state index contributed by atoms with van der Waals surface area (Å²) in [5, 5.41) is 29.2. The largest absolute Gasteiger partial charge is 0.507 e. The number of rotatable bonds is 3. The minimum Gasteiger partial charge on any atom is -0.507 e. The van der Waals surface area contributed by atoms with Crippen molar-refractivity contribution in [2.45, 2.75) is 25.1 Å². The molecule has 1 fully saturated rings. The third-order valence-corrected chi connectivity index (χ3v) is 4.54. The maximum Gasteiger partial charge on any atom is 0.416 e. The number of hydrogen-bond donors (Lipinski definition) is 3. The van der Waals surface area contributed by atoms with Gasteiger partial charge in [-0.1, -0.05) is 0 Å². The van der Waals surface area contributed by atoms with Gasteiger partial charge in [0.05, 0.1) is 17.3 Å². The summed E-state index contributed by atoms with van der Waals surface area (Å²) >= 11 is 0. The van der Waals surface area contributed by atoms with E-state index in [1.807, 2.05) is 0 Å². The summed E-state index contributed by atoms with van der Waals surface area (Å²) in [6.07, 6.45) is -0.952. The van der Waals surface area contributed by atoms with E-state index in [1.54, 1.807) is 12.3 Å². The van der Waals surface area contributed by atoms with E-state index in [0.717, 1.165) is 32.0 Å². The van der Waals surface area contributed by atoms with E-state index in [9.17, 15) is 18.3 Å². The normalized spacial score (nSPS) is 18.0. The van der Waals surface area contributed by atoms with Crippen molar-refractivity contribution >= 4 is 11.5 Å². The van der Waals surface area contributed by atoms with Crippen LogP contribution in [-0.2, 0) is 6.18 Å². The Morgan fingerprint density at radius 1 is 1.22 bits per heavy atom. The minimum absolute atomic E-state index is 0.159. The molecule has 1 saturated heterocycles. The van der Waals surface area contributed by atoms with E-state index < -0.39 is 17.5 Å². The molecule has 7 nitrogen and oxygen atoms in total. The standard InChI is InChI=1S/C17H17F3N6O/c18-17(19,20)10-3-4-12(14(27)8-10)15-13-5-7-22-26(13)16(25-24-15)23-11-2-1-6-21-9-11/h3-5,7-8,11,21,27H,1-2,6,9H2,(H,23,25)/t11-/m1/s1. The SMILES string of the molecule is Oc1cc(C(F)(F)F)ccc1-c1nnc(N[C@@H]2CCCNC2)n2nccc12. The number of hydrogen-bond acceptors (Lipinski definition) is 6. The molecule has 142 valence electrons. The number of alkyl halides is 3. The molecule has 1 aliphatic heterocycles. The molecule has 2 aromatic heterocycles. The third kappa shape index (κ3) is 3.39. The zero-order valence-corrected chi connectivity index (χ0v) is 14.2. The van der Waals surface area contributed by atoms with Crippen molar-refractivity contribution in [3.63, 3.8) is 0 Å². The summed E-state index contributed by atoms with van der Waals surface area (Å²) in [5.74, 6) is -0.0710. The summed E-state index contributed by atoms with van der Waals surface area (Å²) in [6.45, 7) is 1.78. The topological polar surface area (TPSA) is 87.4 Å². The predicted octanol–water partition coefficient (Wildman–Crippen LogP) is 2.68. The zero-order valence-electron chi connectivity index (χ0n) is 14.2. The Bertz CT molecular complexity index is 965. The number of aromatic hydroxyl groups is 1. The van der Waals surface area contributed by atoms with Gasteiger partial charge in [0.25, 0.3) is 0 Å². The monoisotopic (exact) mass is 378 g/mol. The molecule has 0 saturated carbocycles. The lowest BCUT2D eigenvalue weighted by atomic mass is 10.1. The van der Waals surface area contributed by atoms with Gasteiger partial charge in [0.15, 0.2) is 0 Å². The molecule has 1 aliphatic rings. The molecule has 3 aromatic rings. The molecule has 0 unspecified atom stereocenters. The molecule has 0 bridgehead atoms. The molecule has 0 amide bonds. The number of piperidine rings is 1. The second-order valence-corrected chi connectivity index (χ2v) is 6.42. The molecule has 3 N–H and O–H groups in total. The molecule has 0 spiro atoms. The third-order valence-electron chi connectivity index (χ3n) is 4.54. The number of fused-ring (bicyclic) bond motifs is 1. The number of anilines is 1. The zero-order chi connectivity index (χ0) is 19.0. The molecule has 27 heavy (non-hydrogen) atoms. The smallest absolute Gasteiger partial charge is 0.416 e. The van der Waals surface area contributed by atoms with Crippen molar-refractivity contribution in [1.29, 1.82) is 0 Å². The van der Waals surface area contributed by atoms with Crippen LogP contribution in [-0.4, -0.2) is 44.0 Å². The van der Waals surface area contributed by atoms with Crippen molar-refractivity contribution in [3.8, 4) is 17.0 Å². The number of phenols is 1. The summed E-state index contributed by atoms with van der Waals surface area (Å²) < 4.78 is 40.0. The molecule has 0 radical (unpaired) electrons. The number of benzene rings is 1. The molecule has 3 heterocycles. The minimum atomic E-state index is -4.53. The van der Waals surface area contributed by atoms with Crippen molar-refractivity contribution in [1.82, 2.24) is 25.1 Å². The number of nitrogens with one attached hydrogen (secondary N) is 2. The van der Waals surface area contributed by atoms with Crippen LogP contribution < -0.4 is 10.6 Å². The first-order chi connectivity index (χ1) is 12.9. The Morgan fingerprint density at radius 3 is 2.78 bits per heavy atom. The number of aromatic nitrogens is 4. The highest BCUT2D eigenvalue weighted by molar-refractivity contribution is 5.80. The average molecular weight is 378 g/mol. The van der Waals surface area contributed by atoms with Gasteiger partial charge in [-0.05, 0) is 43.7 Å². The predicted molar refractivity (Wildman–Crippen MR) is 92.4 cm³/mol. The Kier molecular flexibility index (Phi) is 4.34. The molecule has 4 rings (SSSR count). The average Bonchev–Trinajstić information content (AvgIpc) is 3.13. The van der Waals surface area contributed by atoms with Crippen LogP contribution in [0.4, 0.5) is 19.1 Å². The lowest BCUT2D eigenvalue weighted by Gasteiger charge is -2.24. The second-order valence-electron chi connectivity index (χ2n) is 6.42. The van der Waals surface area contributed by atoms with Gasteiger partial charge in [-0.15, -0.1) is 10.2 Å². The summed E-state index contributed by atoms with van der Waals surface area (Å²) in [7, 11) is 0. The maximum atomic E-state index is 12.8. The van der Waals surface area contributed by atoms with Gasteiger partial charge in [-0.2, -0.15) is 22.8 Å². The number of nitrogens with zero attached hydrogens (tertiary/aromatic N) is 4. The van der Waals surface area contributed by atoms with Gasteiger partial charge in [0.1, 0.15) is 11.4 Å².